The molecule has 3 aliphatic carbocycles. The molecule has 0 bridgehead atoms. The minimum atomic E-state index is 0.965. The van der Waals surface area contributed by atoms with Crippen molar-refractivity contribution in [3.8, 4) is 0 Å². The van der Waals surface area contributed by atoms with E-state index in [2.05, 4.69) is 27.7 Å². The summed E-state index contributed by atoms with van der Waals surface area (Å²) < 4.78 is 0. The Morgan fingerprint density at radius 2 is 1.35 bits per heavy atom. The van der Waals surface area contributed by atoms with Gasteiger partial charge in [-0.2, -0.15) is 0 Å². The first-order chi connectivity index (χ1) is 8.11. The van der Waals surface area contributed by atoms with Gasteiger partial charge in [-0.3, -0.25) is 0 Å². The highest BCUT2D eigenvalue weighted by molar-refractivity contribution is 5.01. The first kappa shape index (κ1) is 12.1. The molecular weight excluding hydrogens is 204 g/mol. The molecule has 0 spiro atoms. The third-order valence-electron chi connectivity index (χ3n) is 7.26. The van der Waals surface area contributed by atoms with Crippen LogP contribution < -0.4 is 0 Å². The van der Waals surface area contributed by atoms with Gasteiger partial charge in [0.1, 0.15) is 0 Å². The number of fused-ring (bicyclic) bond motifs is 2. The van der Waals surface area contributed by atoms with Crippen molar-refractivity contribution in [2.45, 2.75) is 59.8 Å². The smallest absolute Gasteiger partial charge is 0.0326 e. The van der Waals surface area contributed by atoms with Gasteiger partial charge in [0.25, 0.3) is 0 Å². The van der Waals surface area contributed by atoms with E-state index in [0.29, 0.717) is 0 Å². The van der Waals surface area contributed by atoms with E-state index in [9.17, 15) is 0 Å². The highest BCUT2D eigenvalue weighted by atomic mass is 14.6. The van der Waals surface area contributed by atoms with Gasteiger partial charge in [0.15, 0.2) is 0 Å². The fraction of sp³-hybridized carbons (Fsp3) is 1.00. The van der Waals surface area contributed by atoms with E-state index in [0.717, 1.165) is 47.3 Å². The maximum absolute atomic E-state index is 2.60. The molecule has 98 valence electrons. The molecule has 0 N–H and O–H groups in total. The van der Waals surface area contributed by atoms with Crippen molar-refractivity contribution in [3.63, 3.8) is 0 Å². The minimum Gasteiger partial charge on any atom is -0.0620 e. The average Bonchev–Trinajstić information content (AvgIpc) is 2.55. The molecule has 3 saturated carbocycles. The van der Waals surface area contributed by atoms with Crippen LogP contribution in [0.25, 0.3) is 0 Å². The molecule has 3 aliphatic rings. The summed E-state index contributed by atoms with van der Waals surface area (Å²) in [6.45, 7) is 10.2. The molecule has 17 heavy (non-hydrogen) atoms. The predicted molar refractivity (Wildman–Crippen MR) is 73.7 cm³/mol. The van der Waals surface area contributed by atoms with Crippen molar-refractivity contribution in [1.82, 2.24) is 0 Å². The zero-order valence-electron chi connectivity index (χ0n) is 12.2. The second kappa shape index (κ2) is 4.28. The molecule has 0 heterocycles. The second-order valence-electron chi connectivity index (χ2n) is 7.62. The third kappa shape index (κ3) is 1.70. The lowest BCUT2D eigenvalue weighted by atomic mass is 9.57. The molecular formula is C17H30. The molecule has 3 rings (SSSR count). The van der Waals surface area contributed by atoms with Crippen molar-refractivity contribution in [3.05, 3.63) is 0 Å². The van der Waals surface area contributed by atoms with E-state index in [-0.39, 0.29) is 0 Å². The van der Waals surface area contributed by atoms with Crippen molar-refractivity contribution in [1.29, 1.82) is 0 Å². The van der Waals surface area contributed by atoms with Crippen LogP contribution in [0.1, 0.15) is 59.8 Å². The highest BCUT2D eigenvalue weighted by Gasteiger charge is 2.52. The van der Waals surface area contributed by atoms with E-state index in [4.69, 9.17) is 0 Å². The monoisotopic (exact) mass is 234 g/mol. The van der Waals surface area contributed by atoms with E-state index in [1.165, 1.54) is 12.8 Å². The van der Waals surface area contributed by atoms with Crippen LogP contribution in [-0.2, 0) is 0 Å². The molecule has 0 heteroatoms. The van der Waals surface area contributed by atoms with Gasteiger partial charge in [0.05, 0.1) is 0 Å². The van der Waals surface area contributed by atoms with Crippen LogP contribution in [-0.4, -0.2) is 0 Å². The van der Waals surface area contributed by atoms with E-state index >= 15 is 0 Å². The van der Waals surface area contributed by atoms with Crippen LogP contribution in [0.2, 0.25) is 0 Å². The molecule has 0 amide bonds. The largest absolute Gasteiger partial charge is 0.0620 e. The molecule has 3 fully saturated rings. The van der Waals surface area contributed by atoms with Crippen molar-refractivity contribution < 1.29 is 0 Å². The second-order valence-corrected chi connectivity index (χ2v) is 7.62. The highest BCUT2D eigenvalue weighted by Crippen LogP contribution is 2.59. The minimum absolute atomic E-state index is 0.965. The standard InChI is InChI=1S/C17H30/c1-10-11(2)16-9-14-7-5-6-8-15(14)13(4)17(16)12(10)3/h10-17H,5-9H2,1-4H3/t10?,11?,12?,13?,14?,15-,16?,17?/m1/s1. The SMILES string of the molecule is CC1C(C)C2CC3CCCC[C@@H]3C(C)C2C1C. The molecule has 0 aromatic heterocycles. The van der Waals surface area contributed by atoms with Gasteiger partial charge in [0.2, 0.25) is 0 Å². The quantitative estimate of drug-likeness (QED) is 0.554. The third-order valence-corrected chi connectivity index (χ3v) is 7.26. The zero-order chi connectivity index (χ0) is 12.2. The lowest BCUT2D eigenvalue weighted by Gasteiger charge is -2.48. The number of hydrogen-bond acceptors (Lipinski definition) is 0. The first-order valence-corrected chi connectivity index (χ1v) is 8.11. The average molecular weight is 234 g/mol. The summed E-state index contributed by atoms with van der Waals surface area (Å²) >= 11 is 0. The van der Waals surface area contributed by atoms with Crippen molar-refractivity contribution >= 4 is 0 Å². The summed E-state index contributed by atoms with van der Waals surface area (Å²) in [4.78, 5) is 0. The Morgan fingerprint density at radius 3 is 2.12 bits per heavy atom. The lowest BCUT2D eigenvalue weighted by Crippen LogP contribution is -2.40. The molecule has 8 atom stereocenters. The van der Waals surface area contributed by atoms with Crippen LogP contribution in [0.3, 0.4) is 0 Å². The number of rotatable bonds is 0. The first-order valence-electron chi connectivity index (χ1n) is 8.11. The Bertz CT molecular complexity index is 282. The van der Waals surface area contributed by atoms with Gasteiger partial charge < -0.3 is 0 Å². The Morgan fingerprint density at radius 1 is 0.647 bits per heavy atom. The summed E-state index contributed by atoms with van der Waals surface area (Å²) in [5.41, 5.74) is 0. The van der Waals surface area contributed by atoms with Gasteiger partial charge in [-0.1, -0.05) is 47.0 Å². The molecule has 0 aromatic rings. The molecule has 0 radical (unpaired) electrons. The van der Waals surface area contributed by atoms with E-state index in [1.807, 2.05) is 0 Å². The molecule has 0 aromatic carbocycles. The normalized spacial score (nSPS) is 58.6. The van der Waals surface area contributed by atoms with Crippen LogP contribution in [0, 0.1) is 47.3 Å². The van der Waals surface area contributed by atoms with E-state index < -0.39 is 0 Å². The Balaban J connectivity index is 1.86. The fourth-order valence-electron chi connectivity index (χ4n) is 6.06. The number of hydrogen-bond donors (Lipinski definition) is 0. The van der Waals surface area contributed by atoms with Gasteiger partial charge in [-0.25, -0.2) is 0 Å². The summed E-state index contributed by atoms with van der Waals surface area (Å²) in [7, 11) is 0. The van der Waals surface area contributed by atoms with Crippen LogP contribution >= 0.6 is 0 Å². The summed E-state index contributed by atoms with van der Waals surface area (Å²) in [6, 6.07) is 0. The van der Waals surface area contributed by atoms with Crippen molar-refractivity contribution in [2.75, 3.05) is 0 Å². The Labute approximate surface area is 108 Å². The van der Waals surface area contributed by atoms with Gasteiger partial charge in [-0.05, 0) is 60.2 Å². The maximum atomic E-state index is 2.60. The van der Waals surface area contributed by atoms with Gasteiger partial charge >= 0.3 is 0 Å². The molecule has 7 unspecified atom stereocenters. The topological polar surface area (TPSA) is 0 Å². The maximum Gasteiger partial charge on any atom is -0.0326 e. The van der Waals surface area contributed by atoms with Crippen molar-refractivity contribution in [2.24, 2.45) is 47.3 Å². The summed E-state index contributed by atoms with van der Waals surface area (Å²) in [5, 5.41) is 0. The Hall–Kier alpha value is 0. The molecule has 0 nitrogen and oxygen atoms in total. The Kier molecular flexibility index (Phi) is 3.04. The van der Waals surface area contributed by atoms with Crippen LogP contribution in [0.4, 0.5) is 0 Å². The molecule has 0 saturated heterocycles. The van der Waals surface area contributed by atoms with E-state index in [1.54, 1.807) is 19.3 Å². The van der Waals surface area contributed by atoms with Gasteiger partial charge in [0, 0.05) is 0 Å². The zero-order valence-corrected chi connectivity index (χ0v) is 12.2. The summed E-state index contributed by atoms with van der Waals surface area (Å²) in [6.07, 6.45) is 7.71. The van der Waals surface area contributed by atoms with Crippen LogP contribution in [0.5, 0.6) is 0 Å². The molecule has 0 aliphatic heterocycles. The van der Waals surface area contributed by atoms with Gasteiger partial charge in [-0.15, -0.1) is 0 Å². The van der Waals surface area contributed by atoms with Crippen LogP contribution in [0.15, 0.2) is 0 Å². The fourth-order valence-corrected chi connectivity index (χ4v) is 6.06. The predicted octanol–water partition coefficient (Wildman–Crippen LogP) is 4.99. The lowest BCUT2D eigenvalue weighted by molar-refractivity contribution is 0.0115. The summed E-state index contributed by atoms with van der Waals surface area (Å²) in [5.74, 6) is 8.25.